The number of anilines is 1. The summed E-state index contributed by atoms with van der Waals surface area (Å²) in [6, 6.07) is 10.6. The van der Waals surface area contributed by atoms with Crippen LogP contribution >= 0.6 is 11.6 Å². The Morgan fingerprint density at radius 3 is 2.45 bits per heavy atom. The molecule has 0 radical (unpaired) electrons. The van der Waals surface area contributed by atoms with E-state index in [0.717, 1.165) is 30.0 Å². The molecule has 1 atom stereocenters. The van der Waals surface area contributed by atoms with Gasteiger partial charge in [-0.15, -0.1) is 0 Å². The second kappa shape index (κ2) is 6.71. The smallest absolute Gasteiger partial charge is 0.137 e. The standard InChI is InChI=1S/C16H20ClN3/c1-4-13(12-9-7-6-8-10-12)18-16-11(3)15(17)19-14(5-2)20-16/h6-10,13H,4-5H2,1-3H3,(H,18,19,20). The molecule has 0 fully saturated rings. The molecule has 2 rings (SSSR count). The molecule has 1 unspecified atom stereocenters. The first-order chi connectivity index (χ1) is 9.65. The highest BCUT2D eigenvalue weighted by molar-refractivity contribution is 6.30. The van der Waals surface area contributed by atoms with Crippen molar-refractivity contribution in [1.29, 1.82) is 0 Å². The first kappa shape index (κ1) is 14.8. The largest absolute Gasteiger partial charge is 0.363 e. The van der Waals surface area contributed by atoms with Crippen molar-refractivity contribution in [2.75, 3.05) is 5.32 Å². The van der Waals surface area contributed by atoms with Crippen LogP contribution in [0.5, 0.6) is 0 Å². The second-order valence-electron chi connectivity index (χ2n) is 4.77. The van der Waals surface area contributed by atoms with Crippen LogP contribution in [0.2, 0.25) is 5.15 Å². The van der Waals surface area contributed by atoms with Crippen molar-refractivity contribution in [3.8, 4) is 0 Å². The summed E-state index contributed by atoms with van der Waals surface area (Å²) in [7, 11) is 0. The predicted molar refractivity (Wildman–Crippen MR) is 84.3 cm³/mol. The quantitative estimate of drug-likeness (QED) is 0.820. The number of rotatable bonds is 5. The van der Waals surface area contributed by atoms with Crippen LogP contribution in [0.1, 0.15) is 43.3 Å². The molecule has 0 saturated heterocycles. The molecule has 20 heavy (non-hydrogen) atoms. The van der Waals surface area contributed by atoms with Crippen molar-refractivity contribution in [2.45, 2.75) is 39.7 Å². The fraction of sp³-hybridized carbons (Fsp3) is 0.375. The van der Waals surface area contributed by atoms with E-state index < -0.39 is 0 Å². The van der Waals surface area contributed by atoms with E-state index in [1.807, 2.05) is 19.9 Å². The monoisotopic (exact) mass is 289 g/mol. The van der Waals surface area contributed by atoms with Crippen molar-refractivity contribution in [3.63, 3.8) is 0 Å². The second-order valence-corrected chi connectivity index (χ2v) is 5.13. The average Bonchev–Trinajstić information content (AvgIpc) is 2.49. The van der Waals surface area contributed by atoms with E-state index in [4.69, 9.17) is 11.6 Å². The van der Waals surface area contributed by atoms with Crippen molar-refractivity contribution in [2.24, 2.45) is 0 Å². The van der Waals surface area contributed by atoms with Crippen LogP contribution in [0.25, 0.3) is 0 Å². The van der Waals surface area contributed by atoms with Crippen LogP contribution in [0, 0.1) is 6.92 Å². The third kappa shape index (κ3) is 3.28. The minimum atomic E-state index is 0.227. The number of nitrogens with one attached hydrogen (secondary N) is 1. The summed E-state index contributed by atoms with van der Waals surface area (Å²) in [6.07, 6.45) is 1.75. The van der Waals surface area contributed by atoms with Gasteiger partial charge in [0, 0.05) is 12.0 Å². The Balaban J connectivity index is 2.30. The number of benzene rings is 1. The van der Waals surface area contributed by atoms with Crippen LogP contribution in [0.4, 0.5) is 5.82 Å². The van der Waals surface area contributed by atoms with Gasteiger partial charge in [-0.05, 0) is 18.9 Å². The molecule has 1 aromatic heterocycles. The Kier molecular flexibility index (Phi) is 4.96. The molecular weight excluding hydrogens is 270 g/mol. The zero-order chi connectivity index (χ0) is 14.5. The topological polar surface area (TPSA) is 37.8 Å². The van der Waals surface area contributed by atoms with Gasteiger partial charge in [0.25, 0.3) is 0 Å². The third-order valence-electron chi connectivity index (χ3n) is 3.37. The number of hydrogen-bond donors (Lipinski definition) is 1. The van der Waals surface area contributed by atoms with Crippen molar-refractivity contribution >= 4 is 17.4 Å². The fourth-order valence-corrected chi connectivity index (χ4v) is 2.29. The summed E-state index contributed by atoms with van der Waals surface area (Å²) in [5.41, 5.74) is 2.15. The summed E-state index contributed by atoms with van der Waals surface area (Å²) in [5.74, 6) is 1.60. The SMILES string of the molecule is CCc1nc(Cl)c(C)c(NC(CC)c2ccccc2)n1. The number of aryl methyl sites for hydroxylation is 1. The van der Waals surface area contributed by atoms with E-state index in [0.29, 0.717) is 5.15 Å². The molecular formula is C16H20ClN3. The van der Waals surface area contributed by atoms with Crippen LogP contribution in [0.15, 0.2) is 30.3 Å². The zero-order valence-electron chi connectivity index (χ0n) is 12.2. The Hall–Kier alpha value is -1.61. The van der Waals surface area contributed by atoms with E-state index in [1.54, 1.807) is 0 Å². The van der Waals surface area contributed by atoms with E-state index in [9.17, 15) is 0 Å². The van der Waals surface area contributed by atoms with Gasteiger partial charge in [0.1, 0.15) is 16.8 Å². The summed E-state index contributed by atoms with van der Waals surface area (Å²) < 4.78 is 0. The molecule has 0 bridgehead atoms. The first-order valence-electron chi connectivity index (χ1n) is 7.00. The van der Waals surface area contributed by atoms with Gasteiger partial charge in [-0.2, -0.15) is 0 Å². The summed E-state index contributed by atoms with van der Waals surface area (Å²) in [5, 5.41) is 4.02. The highest BCUT2D eigenvalue weighted by Gasteiger charge is 2.14. The Bertz CT molecular complexity index is 569. The van der Waals surface area contributed by atoms with E-state index >= 15 is 0 Å². The van der Waals surface area contributed by atoms with Gasteiger partial charge >= 0.3 is 0 Å². The van der Waals surface area contributed by atoms with Gasteiger partial charge in [-0.1, -0.05) is 55.8 Å². The van der Waals surface area contributed by atoms with Crippen LogP contribution in [-0.2, 0) is 6.42 Å². The molecule has 3 nitrogen and oxygen atoms in total. The number of aromatic nitrogens is 2. The van der Waals surface area contributed by atoms with E-state index in [1.165, 1.54) is 5.56 Å². The Morgan fingerprint density at radius 1 is 1.15 bits per heavy atom. The predicted octanol–water partition coefficient (Wildman–Crippen LogP) is 4.56. The average molecular weight is 290 g/mol. The minimum absolute atomic E-state index is 0.227. The van der Waals surface area contributed by atoms with Gasteiger partial charge < -0.3 is 5.32 Å². The molecule has 0 saturated carbocycles. The first-order valence-corrected chi connectivity index (χ1v) is 7.38. The molecule has 4 heteroatoms. The maximum absolute atomic E-state index is 6.18. The lowest BCUT2D eigenvalue weighted by atomic mass is 10.0. The molecule has 0 aliphatic carbocycles. The van der Waals surface area contributed by atoms with Crippen molar-refractivity contribution < 1.29 is 0 Å². The van der Waals surface area contributed by atoms with Gasteiger partial charge in [0.15, 0.2) is 0 Å². The molecule has 2 aromatic rings. The molecule has 106 valence electrons. The number of nitrogens with zero attached hydrogens (tertiary/aromatic N) is 2. The van der Waals surface area contributed by atoms with Crippen LogP contribution in [-0.4, -0.2) is 9.97 Å². The molecule has 0 spiro atoms. The zero-order valence-corrected chi connectivity index (χ0v) is 12.9. The lowest BCUT2D eigenvalue weighted by Crippen LogP contribution is -2.13. The highest BCUT2D eigenvalue weighted by Crippen LogP contribution is 2.26. The van der Waals surface area contributed by atoms with E-state index in [-0.39, 0.29) is 6.04 Å². The van der Waals surface area contributed by atoms with Crippen molar-refractivity contribution in [3.05, 3.63) is 52.4 Å². The molecule has 1 heterocycles. The summed E-state index contributed by atoms with van der Waals surface area (Å²) in [4.78, 5) is 8.83. The molecule has 0 aliphatic heterocycles. The van der Waals surface area contributed by atoms with E-state index in [2.05, 4.69) is 46.5 Å². The lowest BCUT2D eigenvalue weighted by molar-refractivity contribution is 0.739. The lowest BCUT2D eigenvalue weighted by Gasteiger charge is -2.20. The maximum Gasteiger partial charge on any atom is 0.137 e. The highest BCUT2D eigenvalue weighted by atomic mass is 35.5. The van der Waals surface area contributed by atoms with Gasteiger partial charge in [-0.25, -0.2) is 9.97 Å². The van der Waals surface area contributed by atoms with Crippen molar-refractivity contribution in [1.82, 2.24) is 9.97 Å². The minimum Gasteiger partial charge on any atom is -0.363 e. The van der Waals surface area contributed by atoms with Crippen LogP contribution in [0.3, 0.4) is 0 Å². The normalized spacial score (nSPS) is 12.2. The maximum atomic E-state index is 6.18. The van der Waals surface area contributed by atoms with Crippen LogP contribution < -0.4 is 5.32 Å². The fourth-order valence-electron chi connectivity index (χ4n) is 2.10. The summed E-state index contributed by atoms with van der Waals surface area (Å²) >= 11 is 6.18. The summed E-state index contributed by atoms with van der Waals surface area (Å²) in [6.45, 7) is 6.13. The third-order valence-corrected chi connectivity index (χ3v) is 3.74. The molecule has 1 N–H and O–H groups in total. The molecule has 1 aromatic carbocycles. The number of halogens is 1. The van der Waals surface area contributed by atoms with Gasteiger partial charge in [0.2, 0.25) is 0 Å². The van der Waals surface area contributed by atoms with Gasteiger partial charge in [0.05, 0.1) is 6.04 Å². The molecule has 0 amide bonds. The molecule has 0 aliphatic rings. The Morgan fingerprint density at radius 2 is 1.85 bits per heavy atom. The van der Waals surface area contributed by atoms with Gasteiger partial charge in [-0.3, -0.25) is 0 Å². The number of hydrogen-bond acceptors (Lipinski definition) is 3. The Labute approximate surface area is 125 Å².